The Morgan fingerprint density at radius 3 is 2.41 bits per heavy atom. The second-order valence-electron chi connectivity index (χ2n) is 8.61. The van der Waals surface area contributed by atoms with Gasteiger partial charge >= 0.3 is 0 Å². The molecule has 0 unspecified atom stereocenters. The number of ether oxygens (including phenoxy) is 1. The third kappa shape index (κ3) is 4.27. The molecule has 0 spiro atoms. The van der Waals surface area contributed by atoms with E-state index in [-0.39, 0.29) is 12.2 Å². The quantitative estimate of drug-likeness (QED) is 0.451. The molecular weight excluding hydrogens is 402 g/mol. The molecule has 4 rings (SSSR count). The molecule has 2 heterocycles. The van der Waals surface area contributed by atoms with Crippen LogP contribution in [-0.4, -0.2) is 32.6 Å². The summed E-state index contributed by atoms with van der Waals surface area (Å²) in [6, 6.07) is 16.9. The lowest BCUT2D eigenvalue weighted by molar-refractivity contribution is 0.0784. The minimum Gasteiger partial charge on any atom is -0.496 e. The van der Waals surface area contributed by atoms with Crippen molar-refractivity contribution >= 4 is 11.4 Å². The zero-order valence-corrected chi connectivity index (χ0v) is 19.0. The van der Waals surface area contributed by atoms with Gasteiger partial charge in [0.15, 0.2) is 11.4 Å². The highest BCUT2D eigenvalue weighted by atomic mass is 16.5. The van der Waals surface area contributed by atoms with Crippen LogP contribution in [0, 0.1) is 13.8 Å². The van der Waals surface area contributed by atoms with Crippen LogP contribution in [0.15, 0.2) is 54.6 Å². The Bertz CT molecular complexity index is 1300. The fourth-order valence-electron chi connectivity index (χ4n) is 3.81. The molecule has 32 heavy (non-hydrogen) atoms. The maximum absolute atomic E-state index is 13.0. The molecular formula is C26H27N3O3. The molecule has 0 bridgehead atoms. The van der Waals surface area contributed by atoms with E-state index in [2.05, 4.69) is 10.1 Å². The monoisotopic (exact) mass is 429 g/mol. The molecule has 0 aliphatic heterocycles. The first-order chi connectivity index (χ1) is 15.2. The first-order valence-electron chi connectivity index (χ1n) is 10.5. The lowest BCUT2D eigenvalue weighted by Crippen LogP contribution is -2.15. The molecule has 6 heteroatoms. The van der Waals surface area contributed by atoms with Gasteiger partial charge in [-0.05, 0) is 63.1 Å². The molecule has 0 amide bonds. The third-order valence-electron chi connectivity index (χ3n) is 5.55. The number of ketones is 1. The highest BCUT2D eigenvalue weighted by Gasteiger charge is 2.18. The maximum atomic E-state index is 13.0. The van der Waals surface area contributed by atoms with E-state index in [1.54, 1.807) is 45.2 Å². The van der Waals surface area contributed by atoms with Gasteiger partial charge in [0.1, 0.15) is 5.75 Å². The molecule has 0 aliphatic rings. The highest BCUT2D eigenvalue weighted by molar-refractivity contribution is 5.97. The molecule has 0 radical (unpaired) electrons. The lowest BCUT2D eigenvalue weighted by atomic mass is 9.96. The van der Waals surface area contributed by atoms with Gasteiger partial charge in [0, 0.05) is 17.2 Å². The first kappa shape index (κ1) is 21.7. The van der Waals surface area contributed by atoms with E-state index in [9.17, 15) is 9.90 Å². The predicted molar refractivity (Wildman–Crippen MR) is 124 cm³/mol. The molecule has 6 nitrogen and oxygen atoms in total. The van der Waals surface area contributed by atoms with Crippen molar-refractivity contribution in [3.8, 4) is 17.0 Å². The number of fused-ring (bicyclic) bond motifs is 1. The summed E-state index contributed by atoms with van der Waals surface area (Å²) in [4.78, 5) is 17.6. The number of rotatable bonds is 6. The minimum absolute atomic E-state index is 0.0303. The van der Waals surface area contributed by atoms with Gasteiger partial charge in [-0.1, -0.05) is 24.3 Å². The van der Waals surface area contributed by atoms with E-state index >= 15 is 0 Å². The second-order valence-corrected chi connectivity index (χ2v) is 8.61. The van der Waals surface area contributed by atoms with Crippen molar-refractivity contribution in [2.45, 2.75) is 39.7 Å². The Labute approximate surface area is 187 Å². The standard InChI is InChI=1S/C26H27N3O3/c1-16-12-19(8-11-24(16)32-5)22-14-21(27-25-13-17(2)28-29(22)25)15-23(30)18-6-9-20(10-7-18)26(3,4)31/h6-14,31H,15H2,1-5H3. The van der Waals surface area contributed by atoms with Crippen LogP contribution in [0.3, 0.4) is 0 Å². The van der Waals surface area contributed by atoms with Gasteiger partial charge in [-0.3, -0.25) is 4.79 Å². The van der Waals surface area contributed by atoms with E-state index < -0.39 is 5.60 Å². The van der Waals surface area contributed by atoms with Crippen LogP contribution in [0.1, 0.15) is 46.7 Å². The smallest absolute Gasteiger partial charge is 0.168 e. The molecule has 0 saturated carbocycles. The molecule has 0 fully saturated rings. The van der Waals surface area contributed by atoms with E-state index in [0.29, 0.717) is 16.9 Å². The van der Waals surface area contributed by atoms with Gasteiger partial charge in [-0.15, -0.1) is 0 Å². The second kappa shape index (κ2) is 8.20. The molecule has 164 valence electrons. The molecule has 2 aromatic carbocycles. The molecule has 1 N–H and O–H groups in total. The van der Waals surface area contributed by atoms with E-state index in [0.717, 1.165) is 33.8 Å². The summed E-state index contributed by atoms with van der Waals surface area (Å²) in [5.74, 6) is 0.790. The van der Waals surface area contributed by atoms with Crippen molar-refractivity contribution in [3.63, 3.8) is 0 Å². The van der Waals surface area contributed by atoms with Crippen LogP contribution in [-0.2, 0) is 12.0 Å². The van der Waals surface area contributed by atoms with Gasteiger partial charge in [0.05, 0.1) is 36.2 Å². The molecule has 0 aliphatic carbocycles. The van der Waals surface area contributed by atoms with Crippen molar-refractivity contribution < 1.29 is 14.6 Å². The first-order valence-corrected chi connectivity index (χ1v) is 10.5. The number of methoxy groups -OCH3 is 1. The maximum Gasteiger partial charge on any atom is 0.168 e. The Hall–Kier alpha value is -3.51. The number of Topliss-reactive ketones (excluding diaryl/α,β-unsaturated/α-hetero) is 1. The lowest BCUT2D eigenvalue weighted by Gasteiger charge is -2.17. The summed E-state index contributed by atoms with van der Waals surface area (Å²) in [5.41, 5.74) is 5.51. The summed E-state index contributed by atoms with van der Waals surface area (Å²) in [5, 5.41) is 14.7. The van der Waals surface area contributed by atoms with E-state index in [1.165, 1.54) is 0 Å². The van der Waals surface area contributed by atoms with Crippen LogP contribution >= 0.6 is 0 Å². The summed E-state index contributed by atoms with van der Waals surface area (Å²) in [6.07, 6.45) is 0.171. The number of aryl methyl sites for hydroxylation is 2. The van der Waals surface area contributed by atoms with Crippen LogP contribution < -0.4 is 4.74 Å². The van der Waals surface area contributed by atoms with Crippen LogP contribution in [0.2, 0.25) is 0 Å². The van der Waals surface area contributed by atoms with Crippen molar-refractivity contribution in [2.24, 2.45) is 0 Å². The van der Waals surface area contributed by atoms with E-state index in [1.807, 2.05) is 48.7 Å². The van der Waals surface area contributed by atoms with Gasteiger partial charge in [0.25, 0.3) is 0 Å². The number of aromatic nitrogens is 3. The number of carbonyl (C=O) groups excluding carboxylic acids is 1. The number of hydrogen-bond acceptors (Lipinski definition) is 5. The number of carbonyl (C=O) groups is 1. The Morgan fingerprint density at radius 1 is 1.06 bits per heavy atom. The largest absolute Gasteiger partial charge is 0.496 e. The number of hydrogen-bond donors (Lipinski definition) is 1. The van der Waals surface area contributed by atoms with Crippen LogP contribution in [0.5, 0.6) is 5.75 Å². The zero-order chi connectivity index (χ0) is 23.0. The van der Waals surface area contributed by atoms with Gasteiger partial charge < -0.3 is 9.84 Å². The van der Waals surface area contributed by atoms with Crippen molar-refractivity contribution in [3.05, 3.63) is 82.7 Å². The number of aliphatic hydroxyl groups is 1. The Morgan fingerprint density at radius 2 is 1.78 bits per heavy atom. The fraction of sp³-hybridized carbons (Fsp3) is 0.269. The molecule has 0 atom stereocenters. The van der Waals surface area contributed by atoms with Crippen LogP contribution in [0.4, 0.5) is 0 Å². The van der Waals surface area contributed by atoms with Crippen LogP contribution in [0.25, 0.3) is 16.9 Å². The summed E-state index contributed by atoms with van der Waals surface area (Å²) in [6.45, 7) is 7.36. The number of benzene rings is 2. The number of nitrogens with zero attached hydrogens (tertiary/aromatic N) is 3. The van der Waals surface area contributed by atoms with Crippen molar-refractivity contribution in [2.75, 3.05) is 7.11 Å². The SMILES string of the molecule is COc1ccc(-c2cc(CC(=O)c3ccc(C(C)(C)O)cc3)nc3cc(C)nn23)cc1C. The van der Waals surface area contributed by atoms with Crippen molar-refractivity contribution in [1.82, 2.24) is 14.6 Å². The third-order valence-corrected chi connectivity index (χ3v) is 5.55. The summed E-state index contributed by atoms with van der Waals surface area (Å²) < 4.78 is 7.20. The van der Waals surface area contributed by atoms with E-state index in [4.69, 9.17) is 4.74 Å². The predicted octanol–water partition coefficient (Wildman–Crippen LogP) is 4.67. The molecule has 0 saturated heterocycles. The average molecular weight is 430 g/mol. The topological polar surface area (TPSA) is 76.7 Å². The molecule has 2 aromatic heterocycles. The minimum atomic E-state index is -0.945. The summed E-state index contributed by atoms with van der Waals surface area (Å²) >= 11 is 0. The Balaban J connectivity index is 1.71. The zero-order valence-electron chi connectivity index (χ0n) is 19.0. The van der Waals surface area contributed by atoms with Crippen molar-refractivity contribution in [1.29, 1.82) is 0 Å². The normalized spacial score (nSPS) is 11.7. The average Bonchev–Trinajstić information content (AvgIpc) is 3.12. The van der Waals surface area contributed by atoms with Gasteiger partial charge in [-0.25, -0.2) is 9.50 Å². The fourth-order valence-corrected chi connectivity index (χ4v) is 3.81. The highest BCUT2D eigenvalue weighted by Crippen LogP contribution is 2.28. The Kier molecular flexibility index (Phi) is 5.57. The van der Waals surface area contributed by atoms with Gasteiger partial charge in [0.2, 0.25) is 0 Å². The van der Waals surface area contributed by atoms with Gasteiger partial charge in [-0.2, -0.15) is 5.10 Å². The summed E-state index contributed by atoms with van der Waals surface area (Å²) in [7, 11) is 1.65. The molecule has 4 aromatic rings.